The van der Waals surface area contributed by atoms with E-state index in [2.05, 4.69) is 15.8 Å². The van der Waals surface area contributed by atoms with E-state index >= 15 is 0 Å². The maximum atomic E-state index is 11.6. The van der Waals surface area contributed by atoms with Crippen LogP contribution < -0.4 is 15.5 Å². The molecule has 0 heterocycles. The van der Waals surface area contributed by atoms with Gasteiger partial charge in [0.05, 0.1) is 6.21 Å². The van der Waals surface area contributed by atoms with E-state index in [1.807, 2.05) is 13.8 Å². The Hall–Kier alpha value is -2.57. The zero-order valence-corrected chi connectivity index (χ0v) is 17.1. The van der Waals surface area contributed by atoms with E-state index in [0.29, 0.717) is 33.5 Å². The van der Waals surface area contributed by atoms with Gasteiger partial charge in [-0.1, -0.05) is 55.2 Å². The van der Waals surface area contributed by atoms with E-state index < -0.39 is 11.8 Å². The third kappa shape index (κ3) is 6.87. The Kier molecular flexibility index (Phi) is 8.29. The zero-order valence-electron chi connectivity index (χ0n) is 15.5. The standard InChI is InChI=1S/C20H21Cl2N3O3/c1-13(2)10-23-19(26)20(27)25-24-11-14-5-3-6-15(9-14)28-12-16-17(21)7-4-8-18(16)22/h3-9,11,13H,10,12H2,1-2H3,(H,23,26)(H,25,27)/b24-11-. The van der Waals surface area contributed by atoms with E-state index in [9.17, 15) is 9.59 Å². The second kappa shape index (κ2) is 10.7. The normalized spacial score (nSPS) is 10.9. The third-order valence-corrected chi connectivity index (χ3v) is 4.27. The molecule has 2 N–H and O–H groups in total. The van der Waals surface area contributed by atoms with Gasteiger partial charge in [0.2, 0.25) is 0 Å². The summed E-state index contributed by atoms with van der Waals surface area (Å²) < 4.78 is 5.73. The van der Waals surface area contributed by atoms with Crippen LogP contribution in [-0.2, 0) is 16.2 Å². The molecule has 2 aromatic carbocycles. The molecule has 0 radical (unpaired) electrons. The second-order valence-electron chi connectivity index (χ2n) is 6.36. The molecule has 0 unspecified atom stereocenters. The quantitative estimate of drug-likeness (QED) is 0.405. The SMILES string of the molecule is CC(C)CNC(=O)C(=O)N/N=C\c1cccc(OCc2c(Cl)cccc2Cl)c1. The lowest BCUT2D eigenvalue weighted by Crippen LogP contribution is -2.39. The summed E-state index contributed by atoms with van der Waals surface area (Å²) in [5, 5.41) is 7.37. The first-order valence-corrected chi connectivity index (χ1v) is 9.39. The van der Waals surface area contributed by atoms with Gasteiger partial charge in [-0.3, -0.25) is 9.59 Å². The Bertz CT molecular complexity index is 849. The van der Waals surface area contributed by atoms with E-state index in [4.69, 9.17) is 27.9 Å². The molecule has 0 aliphatic heterocycles. The molecule has 28 heavy (non-hydrogen) atoms. The van der Waals surface area contributed by atoms with Crippen molar-refractivity contribution >= 4 is 41.2 Å². The van der Waals surface area contributed by atoms with Crippen molar-refractivity contribution in [1.29, 1.82) is 0 Å². The number of rotatable bonds is 7. The molecule has 0 aliphatic carbocycles. The maximum Gasteiger partial charge on any atom is 0.329 e. The van der Waals surface area contributed by atoms with Gasteiger partial charge >= 0.3 is 11.8 Å². The molecule has 2 rings (SSSR count). The van der Waals surface area contributed by atoms with Crippen LogP contribution in [0.5, 0.6) is 5.75 Å². The highest BCUT2D eigenvalue weighted by Gasteiger charge is 2.12. The lowest BCUT2D eigenvalue weighted by atomic mass is 10.2. The lowest BCUT2D eigenvalue weighted by Gasteiger charge is -2.10. The summed E-state index contributed by atoms with van der Waals surface area (Å²) in [7, 11) is 0. The molecular weight excluding hydrogens is 401 g/mol. The first-order chi connectivity index (χ1) is 13.4. The number of hydrazone groups is 1. The van der Waals surface area contributed by atoms with Gasteiger partial charge in [-0.05, 0) is 35.7 Å². The summed E-state index contributed by atoms with van der Waals surface area (Å²) in [5.74, 6) is -0.707. The van der Waals surface area contributed by atoms with Crippen LogP contribution in [-0.4, -0.2) is 24.6 Å². The van der Waals surface area contributed by atoms with Gasteiger partial charge in [0.1, 0.15) is 12.4 Å². The number of ether oxygens (including phenoxy) is 1. The molecule has 8 heteroatoms. The Morgan fingerprint density at radius 2 is 1.79 bits per heavy atom. The van der Waals surface area contributed by atoms with Crippen LogP contribution in [0.2, 0.25) is 10.0 Å². The molecule has 0 bridgehead atoms. The molecule has 2 aromatic rings. The predicted octanol–water partition coefficient (Wildman–Crippen LogP) is 3.79. The summed E-state index contributed by atoms with van der Waals surface area (Å²) in [6.45, 7) is 4.51. The van der Waals surface area contributed by atoms with Crippen molar-refractivity contribution in [3.8, 4) is 5.75 Å². The molecule has 0 spiro atoms. The van der Waals surface area contributed by atoms with Crippen molar-refractivity contribution in [2.75, 3.05) is 6.54 Å². The van der Waals surface area contributed by atoms with Crippen molar-refractivity contribution in [3.63, 3.8) is 0 Å². The Morgan fingerprint density at radius 1 is 1.11 bits per heavy atom. The molecule has 0 aromatic heterocycles. The lowest BCUT2D eigenvalue weighted by molar-refractivity contribution is -0.139. The van der Waals surface area contributed by atoms with Gasteiger partial charge in [-0.15, -0.1) is 0 Å². The molecule has 148 valence electrons. The fraction of sp³-hybridized carbons (Fsp3) is 0.250. The minimum Gasteiger partial charge on any atom is -0.489 e. The van der Waals surface area contributed by atoms with Crippen LogP contribution in [0.3, 0.4) is 0 Å². The average molecular weight is 422 g/mol. The van der Waals surface area contributed by atoms with E-state index in [1.54, 1.807) is 42.5 Å². The predicted molar refractivity (Wildman–Crippen MR) is 111 cm³/mol. The molecule has 0 fully saturated rings. The summed E-state index contributed by atoms with van der Waals surface area (Å²) >= 11 is 12.3. The van der Waals surface area contributed by atoms with Gasteiger partial charge in [0, 0.05) is 22.2 Å². The number of benzene rings is 2. The van der Waals surface area contributed by atoms with E-state index in [-0.39, 0.29) is 12.5 Å². The summed E-state index contributed by atoms with van der Waals surface area (Å²) in [6, 6.07) is 12.3. The first kappa shape index (κ1) is 21.7. The van der Waals surface area contributed by atoms with Crippen LogP contribution >= 0.6 is 23.2 Å². The molecule has 6 nitrogen and oxygen atoms in total. The van der Waals surface area contributed by atoms with Crippen molar-refractivity contribution in [2.45, 2.75) is 20.5 Å². The van der Waals surface area contributed by atoms with Gasteiger partial charge in [-0.2, -0.15) is 5.10 Å². The van der Waals surface area contributed by atoms with Crippen molar-refractivity contribution in [2.24, 2.45) is 11.0 Å². The number of amides is 2. The van der Waals surface area contributed by atoms with Crippen LogP contribution in [0.15, 0.2) is 47.6 Å². The minimum atomic E-state index is -0.822. The number of nitrogens with zero attached hydrogens (tertiary/aromatic N) is 1. The van der Waals surface area contributed by atoms with Crippen LogP contribution in [0.25, 0.3) is 0 Å². The highest BCUT2D eigenvalue weighted by atomic mass is 35.5. The third-order valence-electron chi connectivity index (χ3n) is 3.56. The van der Waals surface area contributed by atoms with Crippen molar-refractivity contribution < 1.29 is 14.3 Å². The number of carbonyl (C=O) groups excluding carboxylic acids is 2. The van der Waals surface area contributed by atoms with Gasteiger partial charge in [0.25, 0.3) is 0 Å². The number of carbonyl (C=O) groups is 2. The highest BCUT2D eigenvalue weighted by Crippen LogP contribution is 2.26. The van der Waals surface area contributed by atoms with Crippen molar-refractivity contribution in [3.05, 3.63) is 63.6 Å². The van der Waals surface area contributed by atoms with Crippen LogP contribution in [0, 0.1) is 5.92 Å². The zero-order chi connectivity index (χ0) is 20.5. The number of hydrogen-bond acceptors (Lipinski definition) is 4. The molecule has 0 saturated carbocycles. The van der Waals surface area contributed by atoms with E-state index in [0.717, 1.165) is 0 Å². The highest BCUT2D eigenvalue weighted by molar-refractivity contribution is 6.36. The minimum absolute atomic E-state index is 0.214. The molecule has 0 aliphatic rings. The second-order valence-corrected chi connectivity index (χ2v) is 7.18. The topological polar surface area (TPSA) is 79.8 Å². The van der Waals surface area contributed by atoms with Gasteiger partial charge < -0.3 is 10.1 Å². The number of nitrogens with one attached hydrogen (secondary N) is 2. The van der Waals surface area contributed by atoms with Gasteiger partial charge in [0.15, 0.2) is 0 Å². The molecule has 0 saturated heterocycles. The fourth-order valence-electron chi connectivity index (χ4n) is 2.10. The number of hydrogen-bond donors (Lipinski definition) is 2. The summed E-state index contributed by atoms with van der Waals surface area (Å²) in [5.41, 5.74) is 3.57. The van der Waals surface area contributed by atoms with Gasteiger partial charge in [-0.25, -0.2) is 5.43 Å². The number of halogens is 2. The Morgan fingerprint density at radius 3 is 2.46 bits per heavy atom. The van der Waals surface area contributed by atoms with Crippen LogP contribution in [0.4, 0.5) is 0 Å². The largest absolute Gasteiger partial charge is 0.489 e. The monoisotopic (exact) mass is 421 g/mol. The summed E-state index contributed by atoms with van der Waals surface area (Å²) in [4.78, 5) is 23.2. The van der Waals surface area contributed by atoms with Crippen molar-refractivity contribution in [1.82, 2.24) is 10.7 Å². The smallest absolute Gasteiger partial charge is 0.329 e. The maximum absolute atomic E-state index is 11.6. The molecular formula is C20H21Cl2N3O3. The summed E-state index contributed by atoms with van der Waals surface area (Å²) in [6.07, 6.45) is 1.42. The van der Waals surface area contributed by atoms with E-state index in [1.165, 1.54) is 6.21 Å². The molecule has 0 atom stereocenters. The fourth-order valence-corrected chi connectivity index (χ4v) is 2.61. The molecule has 2 amide bonds. The Labute approximate surface area is 173 Å². The average Bonchev–Trinajstić information content (AvgIpc) is 2.66. The Balaban J connectivity index is 1.91. The van der Waals surface area contributed by atoms with Crippen LogP contribution in [0.1, 0.15) is 25.0 Å². The first-order valence-electron chi connectivity index (χ1n) is 8.63.